The van der Waals surface area contributed by atoms with Crippen molar-refractivity contribution in [3.05, 3.63) is 54.4 Å². The molecule has 0 saturated carbocycles. The number of hydrogen-bond donors (Lipinski definition) is 1. The topological polar surface area (TPSA) is 79.4 Å². The van der Waals surface area contributed by atoms with Crippen LogP contribution < -0.4 is 5.32 Å². The number of benzene rings is 1. The van der Waals surface area contributed by atoms with Crippen LogP contribution >= 0.6 is 0 Å². The summed E-state index contributed by atoms with van der Waals surface area (Å²) in [6, 6.07) is 6.34. The molecule has 6 nitrogen and oxygen atoms in total. The van der Waals surface area contributed by atoms with E-state index in [1.165, 1.54) is 36.7 Å². The van der Waals surface area contributed by atoms with Crippen molar-refractivity contribution in [3.63, 3.8) is 0 Å². The molecule has 2 fully saturated rings. The summed E-state index contributed by atoms with van der Waals surface area (Å²) in [5, 5.41) is 2.06. The molecule has 2 aromatic rings. The molecule has 2 saturated heterocycles. The van der Waals surface area contributed by atoms with Gasteiger partial charge in [-0.25, -0.2) is 13.2 Å². The average Bonchev–Trinajstić information content (AvgIpc) is 2.98. The van der Waals surface area contributed by atoms with Crippen LogP contribution in [0.5, 0.6) is 0 Å². The van der Waals surface area contributed by atoms with Crippen molar-refractivity contribution in [2.45, 2.75) is 54.1 Å². The molecule has 2 aliphatic rings. The molecule has 1 aromatic carbocycles. The van der Waals surface area contributed by atoms with E-state index in [9.17, 15) is 26.4 Å². The Morgan fingerprint density at radius 1 is 1.00 bits per heavy atom. The van der Waals surface area contributed by atoms with Gasteiger partial charge in [-0.1, -0.05) is 0 Å². The molecular weight excluding hydrogens is 419 g/mol. The average molecular weight is 439 g/mol. The lowest BCUT2D eigenvalue weighted by Crippen LogP contribution is -2.51. The van der Waals surface area contributed by atoms with Crippen LogP contribution in [0.1, 0.15) is 31.2 Å². The zero-order valence-corrected chi connectivity index (χ0v) is 16.7. The van der Waals surface area contributed by atoms with E-state index in [0.717, 1.165) is 12.1 Å². The van der Waals surface area contributed by atoms with Gasteiger partial charge in [0.05, 0.1) is 15.7 Å². The highest BCUT2D eigenvalue weighted by Crippen LogP contribution is 2.40. The molecule has 2 amide bonds. The third kappa shape index (κ3) is 3.88. The smallest absolute Gasteiger partial charge is 0.318 e. The fraction of sp³-hybridized carbons (Fsp3) is 0.400. The third-order valence-electron chi connectivity index (χ3n) is 5.80. The molecule has 1 aromatic heterocycles. The molecule has 2 bridgehead atoms. The Kier molecular flexibility index (Phi) is 5.21. The Hall–Kier alpha value is -2.62. The maximum absolute atomic E-state index is 12.9. The molecule has 10 heteroatoms. The summed E-state index contributed by atoms with van der Waals surface area (Å²) in [5.74, 6) is 0. The Morgan fingerprint density at radius 3 is 2.10 bits per heavy atom. The summed E-state index contributed by atoms with van der Waals surface area (Å²) >= 11 is 0. The van der Waals surface area contributed by atoms with Crippen LogP contribution in [0.25, 0.3) is 0 Å². The molecule has 4 rings (SSSR count). The van der Waals surface area contributed by atoms with Gasteiger partial charge in [-0.3, -0.25) is 4.98 Å². The third-order valence-corrected chi connectivity index (χ3v) is 8.00. The maximum Gasteiger partial charge on any atom is 0.416 e. The Labute approximate surface area is 172 Å². The van der Waals surface area contributed by atoms with E-state index in [0.29, 0.717) is 25.7 Å². The number of fused-ring (bicyclic) bond motifs is 2. The van der Waals surface area contributed by atoms with E-state index >= 15 is 0 Å². The van der Waals surface area contributed by atoms with Crippen molar-refractivity contribution in [1.29, 1.82) is 0 Å². The van der Waals surface area contributed by atoms with Crippen LogP contribution in [-0.4, -0.2) is 41.7 Å². The molecule has 0 radical (unpaired) electrons. The second-order valence-electron chi connectivity index (χ2n) is 7.62. The van der Waals surface area contributed by atoms with Gasteiger partial charge in [0, 0.05) is 30.2 Å². The first-order valence-electron chi connectivity index (χ1n) is 9.57. The number of halogens is 3. The van der Waals surface area contributed by atoms with Gasteiger partial charge >= 0.3 is 12.2 Å². The lowest BCUT2D eigenvalue weighted by Gasteiger charge is -2.38. The number of carbonyl (C=O) groups excluding carboxylic acids is 1. The number of piperidine rings is 1. The van der Waals surface area contributed by atoms with Crippen molar-refractivity contribution < 1.29 is 26.4 Å². The number of pyridine rings is 1. The molecular formula is C20H20F3N3O3S. The number of hydrogen-bond acceptors (Lipinski definition) is 4. The number of anilines is 1. The maximum atomic E-state index is 12.9. The number of carbonyl (C=O) groups is 1. The summed E-state index contributed by atoms with van der Waals surface area (Å²) in [6.07, 6.45) is 0.510. The summed E-state index contributed by atoms with van der Waals surface area (Å²) < 4.78 is 64.0. The summed E-state index contributed by atoms with van der Waals surface area (Å²) in [6.45, 7) is 0. The fourth-order valence-corrected chi connectivity index (χ4v) is 6.20. The minimum Gasteiger partial charge on any atom is -0.318 e. The minimum atomic E-state index is -4.44. The lowest BCUT2D eigenvalue weighted by molar-refractivity contribution is -0.137. The zero-order chi connectivity index (χ0) is 21.5. The Morgan fingerprint density at radius 2 is 1.57 bits per heavy atom. The first-order chi connectivity index (χ1) is 14.2. The quantitative estimate of drug-likeness (QED) is 0.781. The van der Waals surface area contributed by atoms with E-state index in [1.807, 2.05) is 0 Å². The number of nitrogens with zero attached hydrogens (tertiary/aromatic N) is 2. The van der Waals surface area contributed by atoms with Crippen molar-refractivity contribution in [2.24, 2.45) is 0 Å². The molecule has 0 spiro atoms. The number of aromatic nitrogens is 1. The predicted octanol–water partition coefficient (Wildman–Crippen LogP) is 4.10. The van der Waals surface area contributed by atoms with E-state index in [2.05, 4.69) is 10.3 Å². The zero-order valence-electron chi connectivity index (χ0n) is 15.8. The summed E-state index contributed by atoms with van der Waals surface area (Å²) in [4.78, 5) is 18.5. The number of nitrogens with one attached hydrogen (secondary N) is 1. The number of alkyl halides is 3. The van der Waals surface area contributed by atoms with Crippen LogP contribution in [0.2, 0.25) is 0 Å². The van der Waals surface area contributed by atoms with Gasteiger partial charge in [0.2, 0.25) is 0 Å². The monoisotopic (exact) mass is 439 g/mol. The highest BCUT2D eigenvalue weighted by atomic mass is 32.2. The molecule has 2 aliphatic heterocycles. The molecule has 160 valence electrons. The van der Waals surface area contributed by atoms with E-state index < -0.39 is 32.9 Å². The molecule has 3 atom stereocenters. The van der Waals surface area contributed by atoms with Crippen LogP contribution in [0, 0.1) is 0 Å². The minimum absolute atomic E-state index is 0.222. The number of rotatable bonds is 3. The summed E-state index contributed by atoms with van der Waals surface area (Å²) in [5.41, 5.74) is -0.526. The molecule has 1 unspecified atom stereocenters. The van der Waals surface area contributed by atoms with Gasteiger partial charge in [0.25, 0.3) is 0 Å². The Bertz CT molecular complexity index is 1010. The predicted molar refractivity (Wildman–Crippen MR) is 104 cm³/mol. The SMILES string of the molecule is O=C(Nc1ccc(C(F)(F)F)cc1)N1[C@@H]2CC[C@H]1CC(S(=O)(=O)c1ccncc1)C2. The van der Waals surface area contributed by atoms with Gasteiger partial charge in [0.15, 0.2) is 9.84 Å². The Balaban J connectivity index is 1.46. The first-order valence-corrected chi connectivity index (χ1v) is 11.1. The van der Waals surface area contributed by atoms with E-state index in [-0.39, 0.29) is 22.7 Å². The van der Waals surface area contributed by atoms with Crippen molar-refractivity contribution in [1.82, 2.24) is 9.88 Å². The van der Waals surface area contributed by atoms with Crippen LogP contribution in [0.3, 0.4) is 0 Å². The van der Waals surface area contributed by atoms with Gasteiger partial charge in [-0.15, -0.1) is 0 Å². The van der Waals surface area contributed by atoms with Crippen LogP contribution in [-0.2, 0) is 16.0 Å². The molecule has 3 heterocycles. The standard InChI is InChI=1S/C20H20F3N3O3S/c21-20(22,23)13-1-3-14(4-2-13)25-19(27)26-15-5-6-16(26)12-18(11-15)30(28,29)17-7-9-24-10-8-17/h1-4,7-10,15-16,18H,5-6,11-12H2,(H,25,27)/t15-,16+,18?. The highest BCUT2D eigenvalue weighted by Gasteiger charge is 2.47. The second kappa shape index (κ2) is 7.57. The molecule has 0 aliphatic carbocycles. The van der Waals surface area contributed by atoms with Crippen LogP contribution in [0.15, 0.2) is 53.7 Å². The fourth-order valence-electron chi connectivity index (χ4n) is 4.36. The number of urea groups is 1. The highest BCUT2D eigenvalue weighted by molar-refractivity contribution is 7.92. The van der Waals surface area contributed by atoms with Crippen LogP contribution in [0.4, 0.5) is 23.7 Å². The second-order valence-corrected chi connectivity index (χ2v) is 9.85. The van der Waals surface area contributed by atoms with Crippen molar-refractivity contribution in [3.8, 4) is 0 Å². The van der Waals surface area contributed by atoms with Crippen molar-refractivity contribution in [2.75, 3.05) is 5.32 Å². The molecule has 30 heavy (non-hydrogen) atoms. The number of sulfone groups is 1. The van der Waals surface area contributed by atoms with Crippen molar-refractivity contribution >= 4 is 21.6 Å². The lowest BCUT2D eigenvalue weighted by atomic mass is 10.0. The van der Waals surface area contributed by atoms with E-state index in [1.54, 1.807) is 4.90 Å². The van der Waals surface area contributed by atoms with E-state index in [4.69, 9.17) is 0 Å². The largest absolute Gasteiger partial charge is 0.416 e. The number of amides is 2. The normalized spacial score (nSPS) is 24.0. The van der Waals surface area contributed by atoms with Gasteiger partial charge < -0.3 is 10.2 Å². The summed E-state index contributed by atoms with van der Waals surface area (Å²) in [7, 11) is -3.52. The van der Waals surface area contributed by atoms with Gasteiger partial charge in [0.1, 0.15) is 0 Å². The molecule has 1 N–H and O–H groups in total. The van der Waals surface area contributed by atoms with Gasteiger partial charge in [-0.2, -0.15) is 13.2 Å². The van der Waals surface area contributed by atoms with Gasteiger partial charge in [-0.05, 0) is 62.1 Å². The first kappa shape index (κ1) is 20.6.